The smallest absolute Gasteiger partial charge is 0.381 e. The molecule has 2 atom stereocenters. The van der Waals surface area contributed by atoms with Gasteiger partial charge in [0.15, 0.2) is 0 Å². The lowest BCUT2D eigenvalue weighted by Crippen LogP contribution is -2.41. The summed E-state index contributed by atoms with van der Waals surface area (Å²) in [5.41, 5.74) is 0.340. The molecule has 2 rings (SSSR count). The van der Waals surface area contributed by atoms with Crippen LogP contribution in [0.3, 0.4) is 0 Å². The highest BCUT2D eigenvalue weighted by Gasteiger charge is 2.30. The molecule has 2 unspecified atom stereocenters. The van der Waals surface area contributed by atoms with E-state index >= 15 is 0 Å². The zero-order valence-electron chi connectivity index (χ0n) is 12.2. The van der Waals surface area contributed by atoms with Crippen molar-refractivity contribution in [2.75, 3.05) is 19.8 Å². The molecule has 0 bridgehead atoms. The molecule has 1 aliphatic rings. The van der Waals surface area contributed by atoms with Crippen LogP contribution >= 0.6 is 0 Å². The zero-order chi connectivity index (χ0) is 15.3. The molecule has 1 saturated heterocycles. The predicted octanol–water partition coefficient (Wildman–Crippen LogP) is 3.65. The summed E-state index contributed by atoms with van der Waals surface area (Å²) in [6, 6.07) is 5.74. The number of halogens is 3. The van der Waals surface area contributed by atoms with Gasteiger partial charge in [-0.2, -0.15) is 13.2 Å². The van der Waals surface area contributed by atoms with E-state index in [-0.39, 0.29) is 6.04 Å². The van der Waals surface area contributed by atoms with Crippen molar-refractivity contribution >= 4 is 0 Å². The van der Waals surface area contributed by atoms with Gasteiger partial charge in [0.05, 0.1) is 12.2 Å². The molecule has 1 N–H and O–H groups in total. The highest BCUT2D eigenvalue weighted by atomic mass is 19.4. The van der Waals surface area contributed by atoms with Gasteiger partial charge < -0.3 is 10.1 Å². The lowest BCUT2D eigenvalue weighted by Gasteiger charge is -2.31. The second-order valence-electron chi connectivity index (χ2n) is 5.54. The number of ether oxygens (including phenoxy) is 1. The second-order valence-corrected chi connectivity index (χ2v) is 5.54. The van der Waals surface area contributed by atoms with Gasteiger partial charge in [0.25, 0.3) is 0 Å². The molecule has 1 fully saturated rings. The fraction of sp³-hybridized carbons (Fsp3) is 0.625. The van der Waals surface area contributed by atoms with E-state index in [0.29, 0.717) is 5.92 Å². The first-order valence-corrected chi connectivity index (χ1v) is 7.48. The zero-order valence-corrected chi connectivity index (χ0v) is 12.2. The average Bonchev–Trinajstić information content (AvgIpc) is 2.47. The van der Waals surface area contributed by atoms with E-state index in [1.165, 1.54) is 0 Å². The number of rotatable bonds is 5. The van der Waals surface area contributed by atoms with Gasteiger partial charge in [-0.25, -0.2) is 0 Å². The minimum absolute atomic E-state index is 0.257. The van der Waals surface area contributed by atoms with Crippen LogP contribution in [0, 0.1) is 5.92 Å². The minimum Gasteiger partial charge on any atom is -0.381 e. The van der Waals surface area contributed by atoms with Gasteiger partial charge in [0.2, 0.25) is 0 Å². The van der Waals surface area contributed by atoms with Gasteiger partial charge in [-0.3, -0.25) is 0 Å². The Labute approximate surface area is 123 Å². The van der Waals surface area contributed by atoms with E-state index in [1.807, 2.05) is 6.92 Å². The summed E-state index contributed by atoms with van der Waals surface area (Å²) in [5.74, 6) is 0.431. The lowest BCUT2D eigenvalue weighted by molar-refractivity contribution is -0.137. The van der Waals surface area contributed by atoms with Crippen LogP contribution in [0.1, 0.15) is 30.9 Å². The summed E-state index contributed by atoms with van der Waals surface area (Å²) in [4.78, 5) is 0. The third kappa shape index (κ3) is 4.71. The van der Waals surface area contributed by atoms with E-state index < -0.39 is 11.7 Å². The quantitative estimate of drug-likeness (QED) is 0.896. The third-order valence-corrected chi connectivity index (χ3v) is 3.97. The monoisotopic (exact) mass is 301 g/mol. The third-order valence-electron chi connectivity index (χ3n) is 3.97. The summed E-state index contributed by atoms with van der Waals surface area (Å²) in [7, 11) is 0. The average molecular weight is 301 g/mol. The number of alkyl halides is 3. The first-order valence-electron chi connectivity index (χ1n) is 7.48. The fourth-order valence-electron chi connectivity index (χ4n) is 2.83. The molecule has 5 heteroatoms. The summed E-state index contributed by atoms with van der Waals surface area (Å²) in [5, 5.41) is 3.44. The van der Waals surface area contributed by atoms with Crippen molar-refractivity contribution in [3.63, 3.8) is 0 Å². The first kappa shape index (κ1) is 16.3. The number of hydrogen-bond acceptors (Lipinski definition) is 2. The molecule has 1 aromatic rings. The molecule has 0 saturated carbocycles. The maximum Gasteiger partial charge on any atom is 0.416 e. The Morgan fingerprint density at radius 2 is 2.00 bits per heavy atom. The van der Waals surface area contributed by atoms with Gasteiger partial charge in [0.1, 0.15) is 0 Å². The van der Waals surface area contributed by atoms with Crippen molar-refractivity contribution in [3.8, 4) is 0 Å². The topological polar surface area (TPSA) is 21.3 Å². The van der Waals surface area contributed by atoms with E-state index in [0.717, 1.165) is 56.7 Å². The van der Waals surface area contributed by atoms with Crippen molar-refractivity contribution in [2.45, 2.75) is 38.4 Å². The van der Waals surface area contributed by atoms with Gasteiger partial charge in [-0.05, 0) is 49.4 Å². The van der Waals surface area contributed by atoms with Crippen LogP contribution in [0.2, 0.25) is 0 Å². The molecule has 0 aliphatic carbocycles. The second kappa shape index (κ2) is 7.27. The van der Waals surface area contributed by atoms with E-state index in [1.54, 1.807) is 12.1 Å². The van der Waals surface area contributed by atoms with Crippen molar-refractivity contribution in [1.29, 1.82) is 0 Å². The molecule has 1 heterocycles. The number of nitrogens with one attached hydrogen (secondary N) is 1. The Balaban J connectivity index is 2.02. The predicted molar refractivity (Wildman–Crippen MR) is 76.2 cm³/mol. The first-order chi connectivity index (χ1) is 10.0. The van der Waals surface area contributed by atoms with Crippen molar-refractivity contribution in [3.05, 3.63) is 35.4 Å². The van der Waals surface area contributed by atoms with Crippen LogP contribution in [-0.4, -0.2) is 25.8 Å². The standard InChI is InChI=1S/C16H22F3NO/c1-2-20-15(13-4-3-9-21-11-13)10-12-5-7-14(8-6-12)16(17,18)19/h5-8,13,15,20H,2-4,9-11H2,1H3. The van der Waals surface area contributed by atoms with E-state index in [9.17, 15) is 13.2 Å². The Hall–Kier alpha value is -1.07. The molecule has 21 heavy (non-hydrogen) atoms. The summed E-state index contributed by atoms with van der Waals surface area (Å²) >= 11 is 0. The molecule has 0 radical (unpaired) electrons. The summed E-state index contributed by atoms with van der Waals surface area (Å²) in [6.07, 6.45) is -1.37. The Morgan fingerprint density at radius 1 is 1.29 bits per heavy atom. The number of hydrogen-bond donors (Lipinski definition) is 1. The molecular formula is C16H22F3NO. The van der Waals surface area contributed by atoms with Crippen LogP contribution in [0.15, 0.2) is 24.3 Å². The molecular weight excluding hydrogens is 279 g/mol. The van der Waals surface area contributed by atoms with Gasteiger partial charge >= 0.3 is 6.18 Å². The van der Waals surface area contributed by atoms with Gasteiger partial charge in [-0.1, -0.05) is 19.1 Å². The lowest BCUT2D eigenvalue weighted by atomic mass is 9.89. The van der Waals surface area contributed by atoms with Gasteiger partial charge in [0, 0.05) is 12.6 Å². The fourth-order valence-corrected chi connectivity index (χ4v) is 2.83. The molecule has 0 aromatic heterocycles. The molecule has 118 valence electrons. The van der Waals surface area contributed by atoms with Crippen molar-refractivity contribution in [2.24, 2.45) is 5.92 Å². The highest BCUT2D eigenvalue weighted by molar-refractivity contribution is 5.25. The van der Waals surface area contributed by atoms with Crippen LogP contribution in [0.5, 0.6) is 0 Å². The van der Waals surface area contributed by atoms with Crippen molar-refractivity contribution < 1.29 is 17.9 Å². The molecule has 2 nitrogen and oxygen atoms in total. The summed E-state index contributed by atoms with van der Waals surface area (Å²) in [6.45, 7) is 4.44. The van der Waals surface area contributed by atoms with Crippen LogP contribution in [0.25, 0.3) is 0 Å². The van der Waals surface area contributed by atoms with Gasteiger partial charge in [-0.15, -0.1) is 0 Å². The molecule has 1 aromatic carbocycles. The van der Waals surface area contributed by atoms with Crippen LogP contribution in [-0.2, 0) is 17.3 Å². The van der Waals surface area contributed by atoms with Crippen LogP contribution in [0.4, 0.5) is 13.2 Å². The largest absolute Gasteiger partial charge is 0.416 e. The number of benzene rings is 1. The Morgan fingerprint density at radius 3 is 2.52 bits per heavy atom. The number of likely N-dealkylation sites (N-methyl/N-ethyl adjacent to an activating group) is 1. The Kier molecular flexibility index (Phi) is 5.65. The van der Waals surface area contributed by atoms with E-state index in [4.69, 9.17) is 4.74 Å². The maximum atomic E-state index is 12.6. The highest BCUT2D eigenvalue weighted by Crippen LogP contribution is 2.29. The SMILES string of the molecule is CCNC(Cc1ccc(C(F)(F)F)cc1)C1CCCOC1. The maximum absolute atomic E-state index is 12.6. The molecule has 1 aliphatic heterocycles. The molecule has 0 spiro atoms. The van der Waals surface area contributed by atoms with Crippen molar-refractivity contribution in [1.82, 2.24) is 5.32 Å². The minimum atomic E-state index is -4.27. The van der Waals surface area contributed by atoms with E-state index in [2.05, 4.69) is 5.32 Å². The molecule has 0 amide bonds. The van der Waals surface area contributed by atoms with Crippen LogP contribution < -0.4 is 5.32 Å². The summed E-state index contributed by atoms with van der Waals surface area (Å²) < 4.78 is 43.2. The Bertz CT molecular complexity index is 424. The normalized spacial score (nSPS) is 21.2.